The first-order chi connectivity index (χ1) is 13.1. The average Bonchev–Trinajstić information content (AvgIpc) is 3.40. The van der Waals surface area contributed by atoms with Crippen molar-refractivity contribution < 1.29 is 14.3 Å². The number of carbonyl (C=O) groups excluding carboxylic acids is 1. The SMILES string of the molecule is CC(C)CCN(CC(=O)N1CCCC1c1ccc2c(c1)OCCO2)C1CC1. The summed E-state index contributed by atoms with van der Waals surface area (Å²) in [5.41, 5.74) is 1.17. The summed E-state index contributed by atoms with van der Waals surface area (Å²) in [5, 5.41) is 0. The highest BCUT2D eigenvalue weighted by Gasteiger charge is 2.35. The summed E-state index contributed by atoms with van der Waals surface area (Å²) < 4.78 is 11.4. The van der Waals surface area contributed by atoms with Gasteiger partial charge in [0.2, 0.25) is 5.91 Å². The van der Waals surface area contributed by atoms with E-state index >= 15 is 0 Å². The molecule has 1 saturated carbocycles. The Morgan fingerprint density at radius 1 is 1.19 bits per heavy atom. The number of hydrogen-bond acceptors (Lipinski definition) is 4. The number of rotatable bonds is 7. The highest BCUT2D eigenvalue weighted by atomic mass is 16.6. The van der Waals surface area contributed by atoms with Crippen LogP contribution < -0.4 is 9.47 Å². The standard InChI is InChI=1S/C22H32N2O3/c1-16(2)9-11-23(18-6-7-18)15-22(25)24-10-3-4-19(24)17-5-8-20-21(14-17)27-13-12-26-20/h5,8,14,16,18-19H,3-4,6-7,9-13,15H2,1-2H3. The van der Waals surface area contributed by atoms with Crippen LogP contribution in [0.25, 0.3) is 0 Å². The van der Waals surface area contributed by atoms with Gasteiger partial charge in [0.25, 0.3) is 0 Å². The zero-order chi connectivity index (χ0) is 18.8. The predicted molar refractivity (Wildman–Crippen MR) is 105 cm³/mol. The molecular formula is C22H32N2O3. The maximum Gasteiger partial charge on any atom is 0.237 e. The third-order valence-corrected chi connectivity index (χ3v) is 5.92. The molecule has 5 nitrogen and oxygen atoms in total. The summed E-state index contributed by atoms with van der Waals surface area (Å²) in [4.78, 5) is 17.6. The van der Waals surface area contributed by atoms with Crippen LogP contribution in [0.1, 0.15) is 57.6 Å². The van der Waals surface area contributed by atoms with E-state index in [1.807, 2.05) is 6.07 Å². The molecule has 2 fully saturated rings. The Morgan fingerprint density at radius 3 is 2.70 bits per heavy atom. The average molecular weight is 373 g/mol. The van der Waals surface area contributed by atoms with Gasteiger partial charge in [-0.15, -0.1) is 0 Å². The number of hydrogen-bond donors (Lipinski definition) is 0. The van der Waals surface area contributed by atoms with Crippen LogP contribution in [0.2, 0.25) is 0 Å². The van der Waals surface area contributed by atoms with Crippen molar-refractivity contribution in [3.05, 3.63) is 23.8 Å². The Balaban J connectivity index is 1.43. The van der Waals surface area contributed by atoms with Gasteiger partial charge in [0.05, 0.1) is 12.6 Å². The highest BCUT2D eigenvalue weighted by molar-refractivity contribution is 5.79. The van der Waals surface area contributed by atoms with Crippen molar-refractivity contribution in [1.82, 2.24) is 9.80 Å². The number of fused-ring (bicyclic) bond motifs is 1. The molecule has 1 atom stereocenters. The van der Waals surface area contributed by atoms with Crippen LogP contribution in [0.4, 0.5) is 0 Å². The van der Waals surface area contributed by atoms with Crippen molar-refractivity contribution in [2.24, 2.45) is 5.92 Å². The van der Waals surface area contributed by atoms with E-state index in [1.54, 1.807) is 0 Å². The summed E-state index contributed by atoms with van der Waals surface area (Å²) in [6.07, 6.45) is 5.75. The molecule has 1 saturated heterocycles. The minimum atomic E-state index is 0.166. The molecule has 148 valence electrons. The fourth-order valence-electron chi connectivity index (χ4n) is 4.20. The number of nitrogens with zero attached hydrogens (tertiary/aromatic N) is 2. The maximum atomic E-state index is 13.1. The lowest BCUT2D eigenvalue weighted by Gasteiger charge is -2.30. The molecule has 3 aliphatic rings. The van der Waals surface area contributed by atoms with E-state index in [2.05, 4.69) is 35.8 Å². The molecule has 0 N–H and O–H groups in total. The lowest BCUT2D eigenvalue weighted by Crippen LogP contribution is -2.41. The quantitative estimate of drug-likeness (QED) is 0.733. The van der Waals surface area contributed by atoms with Gasteiger partial charge in [0.15, 0.2) is 11.5 Å². The number of carbonyl (C=O) groups is 1. The van der Waals surface area contributed by atoms with Crippen LogP contribution in [-0.4, -0.2) is 54.6 Å². The van der Waals surface area contributed by atoms with Crippen LogP contribution in [-0.2, 0) is 4.79 Å². The van der Waals surface area contributed by atoms with Crippen molar-refractivity contribution in [3.8, 4) is 11.5 Å². The van der Waals surface area contributed by atoms with Crippen molar-refractivity contribution in [2.45, 2.75) is 58.0 Å². The van der Waals surface area contributed by atoms with E-state index in [0.717, 1.165) is 43.9 Å². The lowest BCUT2D eigenvalue weighted by molar-refractivity contribution is -0.133. The first-order valence-electron chi connectivity index (χ1n) is 10.5. The van der Waals surface area contributed by atoms with E-state index in [9.17, 15) is 4.79 Å². The fraction of sp³-hybridized carbons (Fsp3) is 0.682. The summed E-state index contributed by atoms with van der Waals surface area (Å²) in [6, 6.07) is 6.95. The Kier molecular flexibility index (Phi) is 5.58. The van der Waals surface area contributed by atoms with Gasteiger partial charge in [-0.25, -0.2) is 0 Å². The molecule has 1 aromatic rings. The van der Waals surface area contributed by atoms with Crippen LogP contribution in [0.3, 0.4) is 0 Å². The van der Waals surface area contributed by atoms with Crippen LogP contribution in [0.15, 0.2) is 18.2 Å². The number of ether oxygens (including phenoxy) is 2. The second kappa shape index (κ2) is 8.09. The van der Waals surface area contributed by atoms with E-state index in [-0.39, 0.29) is 11.9 Å². The Hall–Kier alpha value is -1.75. The van der Waals surface area contributed by atoms with Gasteiger partial charge in [-0.3, -0.25) is 9.69 Å². The van der Waals surface area contributed by atoms with Gasteiger partial charge in [0, 0.05) is 12.6 Å². The number of benzene rings is 1. The van der Waals surface area contributed by atoms with Crippen molar-refractivity contribution in [2.75, 3.05) is 32.8 Å². The fourth-order valence-corrected chi connectivity index (χ4v) is 4.20. The lowest BCUT2D eigenvalue weighted by atomic mass is 10.0. The molecule has 4 rings (SSSR count). The minimum absolute atomic E-state index is 0.166. The normalized spacial score (nSPS) is 21.9. The minimum Gasteiger partial charge on any atom is -0.486 e. The molecule has 0 bridgehead atoms. The highest BCUT2D eigenvalue weighted by Crippen LogP contribution is 2.38. The van der Waals surface area contributed by atoms with Gasteiger partial charge < -0.3 is 14.4 Å². The van der Waals surface area contributed by atoms with Gasteiger partial charge in [0.1, 0.15) is 13.2 Å². The van der Waals surface area contributed by atoms with E-state index in [1.165, 1.54) is 18.4 Å². The molecule has 1 aliphatic carbocycles. The van der Waals surface area contributed by atoms with Crippen molar-refractivity contribution in [1.29, 1.82) is 0 Å². The molecule has 27 heavy (non-hydrogen) atoms. The van der Waals surface area contributed by atoms with Crippen molar-refractivity contribution in [3.63, 3.8) is 0 Å². The van der Waals surface area contributed by atoms with Crippen LogP contribution in [0.5, 0.6) is 11.5 Å². The Bertz CT molecular complexity index is 672. The van der Waals surface area contributed by atoms with Crippen molar-refractivity contribution >= 4 is 5.91 Å². The molecule has 5 heteroatoms. The number of amides is 1. The summed E-state index contributed by atoms with van der Waals surface area (Å²) in [5.74, 6) is 2.59. The maximum absolute atomic E-state index is 13.1. The molecule has 0 radical (unpaired) electrons. The van der Waals surface area contributed by atoms with E-state index in [4.69, 9.17) is 9.47 Å². The summed E-state index contributed by atoms with van der Waals surface area (Å²) >= 11 is 0. The summed E-state index contributed by atoms with van der Waals surface area (Å²) in [7, 11) is 0. The Morgan fingerprint density at radius 2 is 1.96 bits per heavy atom. The summed E-state index contributed by atoms with van der Waals surface area (Å²) in [6.45, 7) is 8.18. The first kappa shape index (κ1) is 18.6. The first-order valence-corrected chi connectivity index (χ1v) is 10.5. The van der Waals surface area contributed by atoms with Gasteiger partial charge in [-0.2, -0.15) is 0 Å². The smallest absolute Gasteiger partial charge is 0.237 e. The van der Waals surface area contributed by atoms with E-state index < -0.39 is 0 Å². The molecule has 0 spiro atoms. The topological polar surface area (TPSA) is 42.0 Å². The second-order valence-corrected chi connectivity index (χ2v) is 8.53. The van der Waals surface area contributed by atoms with Gasteiger partial charge in [-0.05, 0) is 62.3 Å². The molecule has 2 aliphatic heterocycles. The molecule has 2 heterocycles. The third kappa shape index (κ3) is 4.40. The van der Waals surface area contributed by atoms with E-state index in [0.29, 0.717) is 31.7 Å². The monoisotopic (exact) mass is 372 g/mol. The second-order valence-electron chi connectivity index (χ2n) is 8.53. The predicted octanol–water partition coefficient (Wildman–Crippen LogP) is 3.63. The van der Waals surface area contributed by atoms with Crippen LogP contribution >= 0.6 is 0 Å². The Labute approximate surface area is 162 Å². The molecule has 0 aromatic heterocycles. The molecule has 1 unspecified atom stereocenters. The van der Waals surface area contributed by atoms with Gasteiger partial charge in [-0.1, -0.05) is 19.9 Å². The number of likely N-dealkylation sites (tertiary alicyclic amines) is 1. The zero-order valence-corrected chi connectivity index (χ0v) is 16.7. The molecule has 1 aromatic carbocycles. The third-order valence-electron chi connectivity index (χ3n) is 5.92. The van der Waals surface area contributed by atoms with Crippen LogP contribution in [0, 0.1) is 5.92 Å². The molecular weight excluding hydrogens is 340 g/mol. The zero-order valence-electron chi connectivity index (χ0n) is 16.7. The largest absolute Gasteiger partial charge is 0.486 e. The molecule has 1 amide bonds. The van der Waals surface area contributed by atoms with Gasteiger partial charge >= 0.3 is 0 Å².